The fourth-order valence-electron chi connectivity index (χ4n) is 1.13. The second-order valence-corrected chi connectivity index (χ2v) is 3.04. The zero-order valence-corrected chi connectivity index (χ0v) is 8.17. The quantitative estimate of drug-likeness (QED) is 0.783. The molecule has 2 N–H and O–H groups in total. The molecule has 0 saturated heterocycles. The molecule has 2 aromatic rings. The van der Waals surface area contributed by atoms with E-state index in [1.165, 1.54) is 0 Å². The maximum absolute atomic E-state index is 12.8. The monoisotopic (exact) mass is 242 g/mol. The summed E-state index contributed by atoms with van der Waals surface area (Å²) < 4.78 is 38.3. The van der Waals surface area contributed by atoms with Crippen molar-refractivity contribution in [2.24, 2.45) is 0 Å². The van der Waals surface area contributed by atoms with Crippen molar-refractivity contribution in [1.29, 1.82) is 0 Å². The Morgan fingerprint density at radius 2 is 1.88 bits per heavy atom. The molecule has 88 valence electrons. The summed E-state index contributed by atoms with van der Waals surface area (Å²) in [7, 11) is 0. The van der Waals surface area contributed by atoms with Crippen LogP contribution in [0, 0.1) is 17.5 Å². The number of nitrogens with zero attached hydrogens (tertiary/aromatic N) is 2. The van der Waals surface area contributed by atoms with E-state index < -0.39 is 23.4 Å². The molecule has 0 aliphatic rings. The summed E-state index contributed by atoms with van der Waals surface area (Å²) in [5.41, 5.74) is -0.363. The molecule has 17 heavy (non-hydrogen) atoms. The average molecular weight is 242 g/mol. The minimum atomic E-state index is -1.62. The van der Waals surface area contributed by atoms with Gasteiger partial charge in [-0.15, -0.1) is 0 Å². The molecule has 0 aliphatic heterocycles. The lowest BCUT2D eigenvalue weighted by Gasteiger charge is -2.02. The first kappa shape index (κ1) is 11.1. The van der Waals surface area contributed by atoms with E-state index in [4.69, 9.17) is 0 Å². The molecule has 1 aromatic heterocycles. The van der Waals surface area contributed by atoms with Crippen molar-refractivity contribution in [2.45, 2.75) is 0 Å². The van der Waals surface area contributed by atoms with Gasteiger partial charge in [-0.2, -0.15) is 10.1 Å². The fraction of sp³-hybridized carbons (Fsp3) is 0. The summed E-state index contributed by atoms with van der Waals surface area (Å²) in [5.74, 6) is -5.32. The first-order valence-corrected chi connectivity index (χ1v) is 4.39. The third-order valence-corrected chi connectivity index (χ3v) is 1.89. The molecule has 1 amide bonds. The number of rotatable bonds is 2. The first-order chi connectivity index (χ1) is 8.08. The minimum Gasteiger partial charge on any atom is -0.291 e. The topological polar surface area (TPSA) is 70.7 Å². The molecule has 0 fully saturated rings. The molecule has 1 aromatic carbocycles. The highest BCUT2D eigenvalue weighted by molar-refractivity contribution is 6.03. The highest BCUT2D eigenvalue weighted by Crippen LogP contribution is 2.14. The van der Waals surface area contributed by atoms with Crippen molar-refractivity contribution in [3.05, 3.63) is 41.5 Å². The predicted octanol–water partition coefficient (Wildman–Crippen LogP) is 1.47. The third kappa shape index (κ3) is 2.25. The van der Waals surface area contributed by atoms with E-state index in [2.05, 4.69) is 20.5 Å². The summed E-state index contributed by atoms with van der Waals surface area (Å²) >= 11 is 0. The SMILES string of the molecule is O=C(Nc1ncn[nH]1)c1cc(F)c(F)c(F)c1. The van der Waals surface area contributed by atoms with Gasteiger partial charge in [0.1, 0.15) is 6.33 Å². The Balaban J connectivity index is 2.26. The van der Waals surface area contributed by atoms with Gasteiger partial charge in [-0.1, -0.05) is 0 Å². The van der Waals surface area contributed by atoms with Gasteiger partial charge in [0.15, 0.2) is 17.5 Å². The van der Waals surface area contributed by atoms with Crippen molar-refractivity contribution in [1.82, 2.24) is 15.2 Å². The number of amides is 1. The summed E-state index contributed by atoms with van der Waals surface area (Å²) in [4.78, 5) is 15.1. The van der Waals surface area contributed by atoms with Gasteiger partial charge in [-0.3, -0.25) is 10.1 Å². The molecule has 0 bridgehead atoms. The van der Waals surface area contributed by atoms with E-state index in [1.807, 2.05) is 0 Å². The number of anilines is 1. The Kier molecular flexibility index (Phi) is 2.77. The summed E-state index contributed by atoms with van der Waals surface area (Å²) in [5, 5.41) is 7.97. The minimum absolute atomic E-state index is 0.0140. The lowest BCUT2D eigenvalue weighted by atomic mass is 10.2. The molecule has 0 aliphatic carbocycles. The maximum atomic E-state index is 12.8. The van der Waals surface area contributed by atoms with Gasteiger partial charge in [-0.05, 0) is 12.1 Å². The number of aromatic nitrogens is 3. The van der Waals surface area contributed by atoms with Crippen LogP contribution in [0.2, 0.25) is 0 Å². The molecule has 0 unspecified atom stereocenters. The Bertz CT molecular complexity index is 532. The number of benzene rings is 1. The van der Waals surface area contributed by atoms with E-state index in [0.29, 0.717) is 12.1 Å². The van der Waals surface area contributed by atoms with Crippen molar-refractivity contribution < 1.29 is 18.0 Å². The van der Waals surface area contributed by atoms with E-state index in [1.54, 1.807) is 0 Å². The molecular weight excluding hydrogens is 237 g/mol. The molecular formula is C9H5F3N4O. The molecule has 0 atom stereocenters. The first-order valence-electron chi connectivity index (χ1n) is 4.39. The van der Waals surface area contributed by atoms with Gasteiger partial charge in [0.25, 0.3) is 5.91 Å². The Morgan fingerprint density at radius 1 is 1.24 bits per heavy atom. The normalized spacial score (nSPS) is 10.3. The van der Waals surface area contributed by atoms with Crippen LogP contribution in [0.5, 0.6) is 0 Å². The van der Waals surface area contributed by atoms with Crippen molar-refractivity contribution >= 4 is 11.9 Å². The van der Waals surface area contributed by atoms with Crippen LogP contribution >= 0.6 is 0 Å². The number of H-pyrrole nitrogens is 1. The predicted molar refractivity (Wildman–Crippen MR) is 50.7 cm³/mol. The van der Waals surface area contributed by atoms with E-state index in [-0.39, 0.29) is 11.5 Å². The van der Waals surface area contributed by atoms with Crippen LogP contribution < -0.4 is 5.32 Å². The van der Waals surface area contributed by atoms with Gasteiger partial charge >= 0.3 is 0 Å². The Hall–Kier alpha value is -2.38. The van der Waals surface area contributed by atoms with Crippen LogP contribution in [0.4, 0.5) is 19.1 Å². The molecule has 0 spiro atoms. The summed E-state index contributed by atoms with van der Waals surface area (Å²) in [6, 6.07) is 1.17. The number of carbonyl (C=O) groups is 1. The van der Waals surface area contributed by atoms with Crippen LogP contribution in [0.25, 0.3) is 0 Å². The van der Waals surface area contributed by atoms with Crippen LogP contribution in [-0.2, 0) is 0 Å². The van der Waals surface area contributed by atoms with Gasteiger partial charge in [0.05, 0.1) is 0 Å². The molecule has 2 rings (SSSR count). The van der Waals surface area contributed by atoms with Gasteiger partial charge < -0.3 is 0 Å². The van der Waals surface area contributed by atoms with Crippen molar-refractivity contribution in [3.8, 4) is 0 Å². The van der Waals surface area contributed by atoms with Crippen LogP contribution in [0.3, 0.4) is 0 Å². The highest BCUT2D eigenvalue weighted by atomic mass is 19.2. The molecule has 5 nitrogen and oxygen atoms in total. The van der Waals surface area contributed by atoms with Crippen LogP contribution in [-0.4, -0.2) is 21.1 Å². The third-order valence-electron chi connectivity index (χ3n) is 1.89. The number of halogens is 3. The zero-order valence-electron chi connectivity index (χ0n) is 8.17. The smallest absolute Gasteiger partial charge is 0.258 e. The van der Waals surface area contributed by atoms with Gasteiger partial charge in [-0.25, -0.2) is 18.3 Å². The largest absolute Gasteiger partial charge is 0.291 e. The number of hydrogen-bond acceptors (Lipinski definition) is 3. The van der Waals surface area contributed by atoms with E-state index in [0.717, 1.165) is 6.33 Å². The van der Waals surface area contributed by atoms with E-state index in [9.17, 15) is 18.0 Å². The lowest BCUT2D eigenvalue weighted by Crippen LogP contribution is -2.14. The molecule has 0 saturated carbocycles. The highest BCUT2D eigenvalue weighted by Gasteiger charge is 2.15. The molecule has 0 radical (unpaired) electrons. The summed E-state index contributed by atoms with van der Waals surface area (Å²) in [6.45, 7) is 0. The number of carbonyl (C=O) groups excluding carboxylic acids is 1. The zero-order chi connectivity index (χ0) is 12.4. The second kappa shape index (κ2) is 4.24. The fourth-order valence-corrected chi connectivity index (χ4v) is 1.13. The Morgan fingerprint density at radius 3 is 2.41 bits per heavy atom. The number of nitrogens with one attached hydrogen (secondary N) is 2. The van der Waals surface area contributed by atoms with Crippen molar-refractivity contribution in [2.75, 3.05) is 5.32 Å². The Labute approximate surface area is 92.7 Å². The lowest BCUT2D eigenvalue weighted by molar-refractivity contribution is 0.102. The number of aromatic amines is 1. The molecule has 8 heteroatoms. The molecule has 1 heterocycles. The maximum Gasteiger partial charge on any atom is 0.258 e. The number of hydrogen-bond donors (Lipinski definition) is 2. The standard InChI is InChI=1S/C9H5F3N4O/c10-5-1-4(2-6(11)7(5)12)8(17)15-9-13-3-14-16-9/h1-3H,(H2,13,14,15,16,17). The average Bonchev–Trinajstić information content (AvgIpc) is 2.77. The summed E-state index contributed by atoms with van der Waals surface area (Å²) in [6.07, 6.45) is 1.14. The van der Waals surface area contributed by atoms with Crippen molar-refractivity contribution in [3.63, 3.8) is 0 Å². The van der Waals surface area contributed by atoms with Gasteiger partial charge in [0, 0.05) is 5.56 Å². The van der Waals surface area contributed by atoms with Crippen LogP contribution in [0.1, 0.15) is 10.4 Å². The van der Waals surface area contributed by atoms with E-state index >= 15 is 0 Å². The second-order valence-electron chi connectivity index (χ2n) is 3.04. The van der Waals surface area contributed by atoms with Gasteiger partial charge in [0.2, 0.25) is 5.95 Å². The van der Waals surface area contributed by atoms with Crippen LogP contribution in [0.15, 0.2) is 18.5 Å².